The van der Waals surface area contributed by atoms with Crippen LogP contribution in [0.15, 0.2) is 12.1 Å². The minimum Gasteiger partial charge on any atom is -0.468 e. The van der Waals surface area contributed by atoms with E-state index in [9.17, 15) is 4.79 Å². The van der Waals surface area contributed by atoms with Gasteiger partial charge in [-0.05, 0) is 12.1 Å². The summed E-state index contributed by atoms with van der Waals surface area (Å²) >= 11 is 5.51. The quantitative estimate of drug-likeness (QED) is 0.730. The molecule has 0 saturated carbocycles. The van der Waals surface area contributed by atoms with Gasteiger partial charge in [0.1, 0.15) is 12.4 Å². The minimum atomic E-state index is -0.364. The number of nitrogens with zero attached hydrogens (tertiary/aromatic N) is 2. The second-order valence-electron chi connectivity index (χ2n) is 2.17. The van der Waals surface area contributed by atoms with Gasteiger partial charge in [-0.2, -0.15) is 0 Å². The number of rotatable bonds is 3. The van der Waals surface area contributed by atoms with Crippen LogP contribution in [0.5, 0.6) is 0 Å². The second kappa shape index (κ2) is 4.61. The summed E-state index contributed by atoms with van der Waals surface area (Å²) < 4.78 is 4.42. The van der Waals surface area contributed by atoms with E-state index in [0.29, 0.717) is 11.0 Å². The zero-order valence-corrected chi connectivity index (χ0v) is 7.71. The lowest BCUT2D eigenvalue weighted by Gasteiger charge is -2.01. The van der Waals surface area contributed by atoms with Crippen molar-refractivity contribution in [3.05, 3.63) is 17.3 Å². The fourth-order valence-electron chi connectivity index (χ4n) is 0.645. The summed E-state index contributed by atoms with van der Waals surface area (Å²) in [4.78, 5) is 10.7. The Bertz CT molecular complexity index is 288. The number of aromatic nitrogens is 2. The number of esters is 1. The van der Waals surface area contributed by atoms with Gasteiger partial charge < -0.3 is 10.1 Å². The molecule has 5 nitrogen and oxygen atoms in total. The van der Waals surface area contributed by atoms with Crippen molar-refractivity contribution >= 4 is 23.4 Å². The van der Waals surface area contributed by atoms with Crippen molar-refractivity contribution in [2.75, 3.05) is 19.0 Å². The number of methoxy groups -OCH3 is 1. The van der Waals surface area contributed by atoms with Gasteiger partial charge >= 0.3 is 5.97 Å². The van der Waals surface area contributed by atoms with Crippen LogP contribution >= 0.6 is 11.6 Å². The lowest BCUT2D eigenvalue weighted by molar-refractivity contribution is -0.138. The van der Waals surface area contributed by atoms with Crippen LogP contribution < -0.4 is 5.32 Å². The van der Waals surface area contributed by atoms with E-state index in [0.717, 1.165) is 0 Å². The van der Waals surface area contributed by atoms with E-state index in [-0.39, 0.29) is 12.5 Å². The van der Waals surface area contributed by atoms with Crippen LogP contribution in [0, 0.1) is 0 Å². The van der Waals surface area contributed by atoms with Crippen LogP contribution in [0.1, 0.15) is 0 Å². The van der Waals surface area contributed by atoms with Crippen molar-refractivity contribution in [1.82, 2.24) is 10.2 Å². The average molecular weight is 202 g/mol. The summed E-state index contributed by atoms with van der Waals surface area (Å²) in [6.45, 7) is 0.0623. The maximum atomic E-state index is 10.7. The molecule has 0 aliphatic rings. The topological polar surface area (TPSA) is 64.1 Å². The Hall–Kier alpha value is -1.36. The van der Waals surface area contributed by atoms with Crippen molar-refractivity contribution in [3.8, 4) is 0 Å². The molecule has 1 rings (SSSR count). The molecule has 0 unspecified atom stereocenters. The summed E-state index contributed by atoms with van der Waals surface area (Å²) in [5, 5.41) is 10.3. The highest BCUT2D eigenvalue weighted by Crippen LogP contribution is 2.05. The highest BCUT2D eigenvalue weighted by molar-refractivity contribution is 6.29. The molecule has 0 bridgehead atoms. The molecule has 0 aliphatic carbocycles. The molecule has 0 atom stereocenters. The predicted molar refractivity (Wildman–Crippen MR) is 47.5 cm³/mol. The molecule has 70 valence electrons. The third-order valence-corrected chi connectivity index (χ3v) is 1.48. The Morgan fingerprint density at radius 2 is 2.38 bits per heavy atom. The number of hydrogen-bond acceptors (Lipinski definition) is 5. The molecule has 0 spiro atoms. The molecule has 0 radical (unpaired) electrons. The van der Waals surface area contributed by atoms with Crippen molar-refractivity contribution in [3.63, 3.8) is 0 Å². The standard InChI is InChI=1S/C7H8ClN3O2/c1-13-7(12)4-9-6-3-2-5(8)10-11-6/h2-3H,4H2,1H3,(H,9,11). The van der Waals surface area contributed by atoms with Crippen LogP contribution in [-0.2, 0) is 9.53 Å². The molecule has 0 amide bonds. The van der Waals surface area contributed by atoms with E-state index in [1.807, 2.05) is 0 Å². The van der Waals surface area contributed by atoms with Gasteiger partial charge in [0.25, 0.3) is 0 Å². The van der Waals surface area contributed by atoms with Crippen molar-refractivity contribution in [1.29, 1.82) is 0 Å². The monoisotopic (exact) mass is 201 g/mol. The van der Waals surface area contributed by atoms with Gasteiger partial charge in [-0.25, -0.2) is 0 Å². The predicted octanol–water partition coefficient (Wildman–Crippen LogP) is 0.715. The molecule has 0 saturated heterocycles. The highest BCUT2D eigenvalue weighted by Gasteiger charge is 2.00. The van der Waals surface area contributed by atoms with Gasteiger partial charge in [0.2, 0.25) is 0 Å². The summed E-state index contributed by atoms with van der Waals surface area (Å²) in [5.74, 6) is 0.117. The molecular weight excluding hydrogens is 194 g/mol. The van der Waals surface area contributed by atoms with Gasteiger partial charge in [0.05, 0.1) is 7.11 Å². The van der Waals surface area contributed by atoms with Gasteiger partial charge in [-0.3, -0.25) is 4.79 Å². The highest BCUT2D eigenvalue weighted by atomic mass is 35.5. The zero-order chi connectivity index (χ0) is 9.68. The summed E-state index contributed by atoms with van der Waals surface area (Å²) in [6.07, 6.45) is 0. The second-order valence-corrected chi connectivity index (χ2v) is 2.56. The maximum absolute atomic E-state index is 10.7. The lowest BCUT2D eigenvalue weighted by atomic mass is 10.5. The first-order valence-electron chi connectivity index (χ1n) is 3.52. The molecule has 1 heterocycles. The van der Waals surface area contributed by atoms with Crippen molar-refractivity contribution < 1.29 is 9.53 Å². The summed E-state index contributed by atoms with van der Waals surface area (Å²) in [5.41, 5.74) is 0. The van der Waals surface area contributed by atoms with E-state index >= 15 is 0 Å². The van der Waals surface area contributed by atoms with Gasteiger partial charge in [-0.15, -0.1) is 10.2 Å². The fourth-order valence-corrected chi connectivity index (χ4v) is 0.746. The summed E-state index contributed by atoms with van der Waals surface area (Å²) in [6, 6.07) is 3.20. The average Bonchev–Trinajstić information content (AvgIpc) is 2.16. The number of carbonyl (C=O) groups is 1. The molecule has 6 heteroatoms. The van der Waals surface area contributed by atoms with Crippen LogP contribution in [0.4, 0.5) is 5.82 Å². The van der Waals surface area contributed by atoms with Gasteiger partial charge in [0, 0.05) is 0 Å². The SMILES string of the molecule is COC(=O)CNc1ccc(Cl)nn1. The molecule has 1 aromatic heterocycles. The van der Waals surface area contributed by atoms with E-state index in [1.54, 1.807) is 12.1 Å². The zero-order valence-electron chi connectivity index (χ0n) is 6.95. The largest absolute Gasteiger partial charge is 0.468 e. The molecular formula is C7H8ClN3O2. The van der Waals surface area contributed by atoms with Crippen molar-refractivity contribution in [2.24, 2.45) is 0 Å². The Balaban J connectivity index is 2.46. The van der Waals surface area contributed by atoms with E-state index in [2.05, 4.69) is 20.3 Å². The van der Waals surface area contributed by atoms with Crippen LogP contribution in [0.3, 0.4) is 0 Å². The number of ether oxygens (including phenoxy) is 1. The first-order valence-corrected chi connectivity index (χ1v) is 3.90. The summed E-state index contributed by atoms with van der Waals surface area (Å²) in [7, 11) is 1.32. The minimum absolute atomic E-state index is 0.0623. The molecule has 1 aromatic rings. The Kier molecular flexibility index (Phi) is 3.45. The third-order valence-electron chi connectivity index (χ3n) is 1.27. The van der Waals surface area contributed by atoms with Crippen LogP contribution in [0.2, 0.25) is 5.15 Å². The first kappa shape index (κ1) is 9.73. The first-order chi connectivity index (χ1) is 6.22. The Morgan fingerprint density at radius 1 is 1.62 bits per heavy atom. The van der Waals surface area contributed by atoms with Gasteiger partial charge in [-0.1, -0.05) is 11.6 Å². The Morgan fingerprint density at radius 3 is 2.92 bits per heavy atom. The van der Waals surface area contributed by atoms with Crippen LogP contribution in [-0.4, -0.2) is 29.8 Å². The maximum Gasteiger partial charge on any atom is 0.325 e. The third kappa shape index (κ3) is 3.25. The van der Waals surface area contributed by atoms with Crippen molar-refractivity contribution in [2.45, 2.75) is 0 Å². The smallest absolute Gasteiger partial charge is 0.325 e. The van der Waals surface area contributed by atoms with E-state index < -0.39 is 0 Å². The Labute approximate surface area is 80.1 Å². The lowest BCUT2D eigenvalue weighted by Crippen LogP contribution is -2.15. The molecule has 0 aromatic carbocycles. The van der Waals surface area contributed by atoms with Crippen LogP contribution in [0.25, 0.3) is 0 Å². The molecule has 13 heavy (non-hydrogen) atoms. The van der Waals surface area contributed by atoms with Gasteiger partial charge in [0.15, 0.2) is 5.15 Å². The number of halogens is 1. The molecule has 0 fully saturated rings. The fraction of sp³-hybridized carbons (Fsp3) is 0.286. The van der Waals surface area contributed by atoms with E-state index in [1.165, 1.54) is 7.11 Å². The molecule has 1 N–H and O–H groups in total. The number of nitrogens with one attached hydrogen (secondary N) is 1. The number of carbonyl (C=O) groups excluding carboxylic acids is 1. The number of anilines is 1. The number of hydrogen-bond donors (Lipinski definition) is 1. The van der Waals surface area contributed by atoms with E-state index in [4.69, 9.17) is 11.6 Å². The normalized spacial score (nSPS) is 9.38. The molecule has 0 aliphatic heterocycles.